The number of carbonyl (C=O) groups is 2. The van der Waals surface area contributed by atoms with E-state index in [2.05, 4.69) is 25.3 Å². The van der Waals surface area contributed by atoms with Gasteiger partial charge in [0.05, 0.1) is 0 Å². The van der Waals surface area contributed by atoms with E-state index in [0.29, 0.717) is 43.8 Å². The normalized spacial score (nSPS) is 36.1. The fraction of sp³-hybridized carbons (Fsp3) is 0.700. The lowest BCUT2D eigenvalue weighted by molar-refractivity contribution is -0.145. The molecule has 0 spiro atoms. The summed E-state index contributed by atoms with van der Waals surface area (Å²) in [5, 5.41) is 0. The van der Waals surface area contributed by atoms with Crippen LogP contribution < -0.4 is 9.47 Å². The second kappa shape index (κ2) is 13.0. The minimum atomic E-state index is -0.419. The number of rotatable bonds is 14. The van der Waals surface area contributed by atoms with Crippen LogP contribution in [-0.2, 0) is 24.5 Å². The molecule has 0 aliphatic heterocycles. The maximum absolute atomic E-state index is 12.1. The standard InChI is InChI=1S/C40H54O6/c1-5-31(45-37(41)7-3)22-43-35-18-36(44-23-32(6-2)46-38(42)8-4)34(40-19-26-10-27(20-40)12-28(11-26)21-40)17-33(35)39-29-13-24-9-25(15-29)16-30(39)14-24/h7-8,17-18,24-32,39H,3-6,9-16,19-23H2,1-2H3. The number of esters is 2. The van der Waals surface area contributed by atoms with Crippen molar-refractivity contribution in [1.29, 1.82) is 0 Å². The van der Waals surface area contributed by atoms with E-state index in [0.717, 1.165) is 41.1 Å². The van der Waals surface area contributed by atoms with E-state index in [1.807, 2.05) is 13.8 Å². The van der Waals surface area contributed by atoms with Gasteiger partial charge in [-0.05, 0) is 148 Å². The van der Waals surface area contributed by atoms with E-state index in [-0.39, 0.29) is 17.6 Å². The SMILES string of the molecule is C=CC(=O)OC(CC)COc1cc(OCC(CC)OC(=O)C=C)c(C23CC4CC(CC(C4)C2)C3)cc1C1C2CC3CC(C2)CC1C3. The van der Waals surface area contributed by atoms with Crippen LogP contribution in [0, 0.1) is 41.4 Å². The molecule has 8 aliphatic rings. The third kappa shape index (κ3) is 6.15. The summed E-state index contributed by atoms with van der Waals surface area (Å²) in [6, 6.07) is 4.72. The molecule has 8 fully saturated rings. The highest BCUT2D eigenvalue weighted by atomic mass is 16.6. The number of benzene rings is 1. The average Bonchev–Trinajstić information content (AvgIpc) is 3.03. The van der Waals surface area contributed by atoms with Crippen molar-refractivity contribution in [3.8, 4) is 11.5 Å². The lowest BCUT2D eigenvalue weighted by Gasteiger charge is -2.58. The minimum Gasteiger partial charge on any atom is -0.489 e. The first kappa shape index (κ1) is 31.8. The predicted molar refractivity (Wildman–Crippen MR) is 178 cm³/mol. The molecule has 6 nitrogen and oxygen atoms in total. The summed E-state index contributed by atoms with van der Waals surface area (Å²) < 4.78 is 24.8. The van der Waals surface area contributed by atoms with E-state index < -0.39 is 11.9 Å². The highest BCUT2D eigenvalue weighted by Crippen LogP contribution is 2.64. The smallest absolute Gasteiger partial charge is 0.330 e. The van der Waals surface area contributed by atoms with E-state index in [9.17, 15) is 9.59 Å². The number of carbonyl (C=O) groups excluding carboxylic acids is 2. The van der Waals surface area contributed by atoms with Crippen LogP contribution in [0.4, 0.5) is 0 Å². The molecule has 0 saturated heterocycles. The lowest BCUT2D eigenvalue weighted by atomic mass is 9.47. The van der Waals surface area contributed by atoms with Gasteiger partial charge in [0.1, 0.15) is 36.9 Å². The number of hydrogen-bond donors (Lipinski definition) is 0. The molecule has 9 rings (SSSR count). The Balaban J connectivity index is 1.28. The highest BCUT2D eigenvalue weighted by Gasteiger charge is 2.54. The van der Waals surface area contributed by atoms with Gasteiger partial charge in [-0.25, -0.2) is 9.59 Å². The Morgan fingerprint density at radius 3 is 1.63 bits per heavy atom. The maximum atomic E-state index is 12.1. The van der Waals surface area contributed by atoms with Crippen LogP contribution in [0.3, 0.4) is 0 Å². The molecular weight excluding hydrogens is 576 g/mol. The molecule has 8 bridgehead atoms. The summed E-state index contributed by atoms with van der Waals surface area (Å²) in [5.74, 6) is 7.03. The van der Waals surface area contributed by atoms with Crippen molar-refractivity contribution >= 4 is 11.9 Å². The van der Waals surface area contributed by atoms with Crippen LogP contribution in [0.5, 0.6) is 11.5 Å². The van der Waals surface area contributed by atoms with Gasteiger partial charge in [-0.15, -0.1) is 0 Å². The summed E-state index contributed by atoms with van der Waals surface area (Å²) in [6.07, 6.45) is 17.7. The van der Waals surface area contributed by atoms with Crippen LogP contribution in [0.15, 0.2) is 37.4 Å². The van der Waals surface area contributed by atoms with Crippen molar-refractivity contribution < 1.29 is 28.5 Å². The van der Waals surface area contributed by atoms with Gasteiger partial charge in [0.25, 0.3) is 0 Å². The molecule has 0 amide bonds. The van der Waals surface area contributed by atoms with Gasteiger partial charge in [-0.3, -0.25) is 0 Å². The summed E-state index contributed by atoms with van der Waals surface area (Å²) in [5.41, 5.74) is 2.87. The summed E-state index contributed by atoms with van der Waals surface area (Å²) >= 11 is 0. The Hall–Kier alpha value is -2.76. The van der Waals surface area contributed by atoms with Crippen LogP contribution in [0.25, 0.3) is 0 Å². The largest absolute Gasteiger partial charge is 0.489 e. The van der Waals surface area contributed by atoms with Gasteiger partial charge < -0.3 is 18.9 Å². The monoisotopic (exact) mass is 630 g/mol. The Kier molecular flexibility index (Phi) is 9.02. The van der Waals surface area contributed by atoms with Gasteiger partial charge in [0.15, 0.2) is 0 Å². The molecule has 1 aromatic carbocycles. The van der Waals surface area contributed by atoms with Crippen molar-refractivity contribution in [2.45, 2.75) is 121 Å². The van der Waals surface area contributed by atoms with Crippen molar-refractivity contribution in [2.24, 2.45) is 41.4 Å². The summed E-state index contributed by atoms with van der Waals surface area (Å²) in [6.45, 7) is 11.8. The Bertz CT molecular complexity index is 1270. The molecule has 2 atom stereocenters. The first-order valence-electron chi connectivity index (χ1n) is 18.4. The van der Waals surface area contributed by atoms with E-state index in [4.69, 9.17) is 18.9 Å². The van der Waals surface area contributed by atoms with Gasteiger partial charge in [-0.1, -0.05) is 27.0 Å². The predicted octanol–water partition coefficient (Wildman–Crippen LogP) is 8.47. The fourth-order valence-corrected chi connectivity index (χ4v) is 11.6. The Morgan fingerprint density at radius 1 is 0.717 bits per heavy atom. The lowest BCUT2D eigenvalue weighted by Crippen LogP contribution is -2.49. The van der Waals surface area contributed by atoms with Crippen LogP contribution in [-0.4, -0.2) is 37.4 Å². The molecule has 6 heteroatoms. The molecule has 2 unspecified atom stereocenters. The summed E-state index contributed by atoms with van der Waals surface area (Å²) in [7, 11) is 0. The molecule has 250 valence electrons. The second-order valence-electron chi connectivity index (χ2n) is 16.0. The zero-order valence-electron chi connectivity index (χ0n) is 28.1. The van der Waals surface area contributed by atoms with Crippen molar-refractivity contribution in [1.82, 2.24) is 0 Å². The van der Waals surface area contributed by atoms with Crippen molar-refractivity contribution in [2.75, 3.05) is 13.2 Å². The molecule has 46 heavy (non-hydrogen) atoms. The molecule has 0 aromatic heterocycles. The first-order chi connectivity index (χ1) is 22.3. The zero-order valence-corrected chi connectivity index (χ0v) is 28.1. The van der Waals surface area contributed by atoms with E-state index in [1.165, 1.54) is 93.9 Å². The van der Waals surface area contributed by atoms with E-state index >= 15 is 0 Å². The first-order valence-corrected chi connectivity index (χ1v) is 18.4. The van der Waals surface area contributed by atoms with Gasteiger partial charge >= 0.3 is 11.9 Å². The minimum absolute atomic E-state index is 0.133. The maximum Gasteiger partial charge on any atom is 0.330 e. The second-order valence-corrected chi connectivity index (χ2v) is 16.0. The molecule has 0 radical (unpaired) electrons. The fourth-order valence-electron chi connectivity index (χ4n) is 11.6. The molecule has 0 heterocycles. The molecule has 8 aliphatic carbocycles. The topological polar surface area (TPSA) is 71.1 Å². The van der Waals surface area contributed by atoms with E-state index in [1.54, 1.807) is 0 Å². The molecule has 1 aromatic rings. The van der Waals surface area contributed by atoms with Crippen LogP contribution in [0.1, 0.15) is 114 Å². The number of hydrogen-bond acceptors (Lipinski definition) is 6. The number of ether oxygens (including phenoxy) is 4. The molecule has 0 N–H and O–H groups in total. The van der Waals surface area contributed by atoms with Crippen molar-refractivity contribution in [3.63, 3.8) is 0 Å². The van der Waals surface area contributed by atoms with Gasteiger partial charge in [-0.2, -0.15) is 0 Å². The third-order valence-corrected chi connectivity index (χ3v) is 13.0. The Morgan fingerprint density at radius 2 is 1.17 bits per heavy atom. The van der Waals surface area contributed by atoms with Crippen LogP contribution in [0.2, 0.25) is 0 Å². The average molecular weight is 631 g/mol. The summed E-state index contributed by atoms with van der Waals surface area (Å²) in [4.78, 5) is 24.2. The highest BCUT2D eigenvalue weighted by molar-refractivity contribution is 5.81. The van der Waals surface area contributed by atoms with Gasteiger partial charge in [0, 0.05) is 23.8 Å². The molecular formula is C40H54O6. The van der Waals surface area contributed by atoms with Crippen molar-refractivity contribution in [3.05, 3.63) is 48.6 Å². The van der Waals surface area contributed by atoms with Crippen LogP contribution >= 0.6 is 0 Å². The van der Waals surface area contributed by atoms with Gasteiger partial charge in [0.2, 0.25) is 0 Å². The third-order valence-electron chi connectivity index (χ3n) is 13.0. The zero-order chi connectivity index (χ0) is 32.0. The Labute approximate surface area is 275 Å². The quantitative estimate of drug-likeness (QED) is 0.152. The molecule has 8 saturated carbocycles.